The van der Waals surface area contributed by atoms with Gasteiger partial charge in [0.1, 0.15) is 0 Å². The number of pyridine rings is 1. The van der Waals surface area contributed by atoms with Crippen LogP contribution in [0, 0.1) is 0 Å². The summed E-state index contributed by atoms with van der Waals surface area (Å²) in [6.45, 7) is 3.28. The van der Waals surface area contributed by atoms with Crippen molar-refractivity contribution in [3.63, 3.8) is 0 Å². The lowest BCUT2D eigenvalue weighted by atomic mass is 9.81. The molecule has 1 fully saturated rings. The van der Waals surface area contributed by atoms with Gasteiger partial charge in [0.2, 0.25) is 0 Å². The zero-order valence-electron chi connectivity index (χ0n) is 11.1. The fourth-order valence-electron chi connectivity index (χ4n) is 2.62. The molecule has 1 aromatic rings. The summed E-state index contributed by atoms with van der Waals surface area (Å²) in [7, 11) is 0. The topological polar surface area (TPSA) is 60.2 Å². The molecular formula is C14H23N3O. The SMILES string of the molecule is CCOc1cccnc1NC1(CN)CCCCC1. The maximum absolute atomic E-state index is 5.98. The molecule has 0 saturated heterocycles. The Labute approximate surface area is 109 Å². The summed E-state index contributed by atoms with van der Waals surface area (Å²) in [5.74, 6) is 1.64. The highest BCUT2D eigenvalue weighted by Crippen LogP contribution is 2.33. The van der Waals surface area contributed by atoms with Crippen molar-refractivity contribution in [2.75, 3.05) is 18.5 Å². The van der Waals surface area contributed by atoms with Gasteiger partial charge in [-0.25, -0.2) is 4.98 Å². The van der Waals surface area contributed by atoms with E-state index in [1.54, 1.807) is 6.20 Å². The van der Waals surface area contributed by atoms with E-state index in [-0.39, 0.29) is 5.54 Å². The highest BCUT2D eigenvalue weighted by molar-refractivity contribution is 5.51. The van der Waals surface area contributed by atoms with Gasteiger partial charge in [-0.2, -0.15) is 0 Å². The Morgan fingerprint density at radius 2 is 2.17 bits per heavy atom. The standard InChI is InChI=1S/C14H23N3O/c1-2-18-12-7-6-10-16-13(12)17-14(11-15)8-4-3-5-9-14/h6-7,10H,2-5,8-9,11,15H2,1H3,(H,16,17). The summed E-state index contributed by atoms with van der Waals surface area (Å²) < 4.78 is 5.60. The number of nitrogens with zero attached hydrogens (tertiary/aromatic N) is 1. The lowest BCUT2D eigenvalue weighted by Gasteiger charge is -2.37. The summed E-state index contributed by atoms with van der Waals surface area (Å²) >= 11 is 0. The Hall–Kier alpha value is -1.29. The number of anilines is 1. The van der Waals surface area contributed by atoms with Crippen LogP contribution in [-0.2, 0) is 0 Å². The molecule has 0 radical (unpaired) electrons. The molecule has 1 aliphatic carbocycles. The Bertz CT molecular complexity index is 375. The molecule has 4 nitrogen and oxygen atoms in total. The molecule has 1 saturated carbocycles. The molecule has 0 bridgehead atoms. The molecule has 0 amide bonds. The minimum atomic E-state index is -0.00153. The van der Waals surface area contributed by atoms with Crippen LogP contribution in [0.5, 0.6) is 5.75 Å². The molecule has 1 heterocycles. The fourth-order valence-corrected chi connectivity index (χ4v) is 2.62. The molecule has 2 rings (SSSR count). The van der Waals surface area contributed by atoms with E-state index >= 15 is 0 Å². The number of aromatic nitrogens is 1. The van der Waals surface area contributed by atoms with E-state index in [0.29, 0.717) is 13.2 Å². The lowest BCUT2D eigenvalue weighted by Crippen LogP contribution is -2.47. The van der Waals surface area contributed by atoms with Gasteiger partial charge in [0.15, 0.2) is 11.6 Å². The minimum absolute atomic E-state index is 0.00153. The molecule has 4 heteroatoms. The minimum Gasteiger partial charge on any atom is -0.490 e. The van der Waals surface area contributed by atoms with Crippen LogP contribution in [0.3, 0.4) is 0 Å². The van der Waals surface area contributed by atoms with Crippen LogP contribution in [0.1, 0.15) is 39.0 Å². The molecule has 0 aromatic carbocycles. The predicted molar refractivity (Wildman–Crippen MR) is 73.9 cm³/mol. The zero-order chi connectivity index (χ0) is 12.8. The Morgan fingerprint density at radius 3 is 2.83 bits per heavy atom. The molecule has 100 valence electrons. The first-order valence-electron chi connectivity index (χ1n) is 6.86. The summed E-state index contributed by atoms with van der Waals surface area (Å²) in [5, 5.41) is 3.54. The van der Waals surface area contributed by atoms with Crippen molar-refractivity contribution in [2.45, 2.75) is 44.6 Å². The number of nitrogens with two attached hydrogens (primary N) is 1. The van der Waals surface area contributed by atoms with Gasteiger partial charge in [0, 0.05) is 12.7 Å². The maximum Gasteiger partial charge on any atom is 0.169 e. The highest BCUT2D eigenvalue weighted by atomic mass is 16.5. The van der Waals surface area contributed by atoms with Crippen molar-refractivity contribution in [3.05, 3.63) is 18.3 Å². The Balaban J connectivity index is 2.15. The van der Waals surface area contributed by atoms with Crippen molar-refractivity contribution in [1.82, 2.24) is 4.98 Å². The van der Waals surface area contributed by atoms with Crippen molar-refractivity contribution in [3.8, 4) is 5.75 Å². The van der Waals surface area contributed by atoms with Crippen molar-refractivity contribution < 1.29 is 4.74 Å². The van der Waals surface area contributed by atoms with Gasteiger partial charge < -0.3 is 15.8 Å². The first-order valence-corrected chi connectivity index (χ1v) is 6.86. The molecule has 1 aliphatic rings. The highest BCUT2D eigenvalue weighted by Gasteiger charge is 2.31. The van der Waals surface area contributed by atoms with Gasteiger partial charge in [-0.15, -0.1) is 0 Å². The van der Waals surface area contributed by atoms with E-state index in [2.05, 4.69) is 10.3 Å². The number of hydrogen-bond donors (Lipinski definition) is 2. The Morgan fingerprint density at radius 1 is 1.39 bits per heavy atom. The average molecular weight is 249 g/mol. The number of hydrogen-bond acceptors (Lipinski definition) is 4. The molecule has 0 atom stereocenters. The Kier molecular flexibility index (Phi) is 4.42. The van der Waals surface area contributed by atoms with Crippen LogP contribution in [0.4, 0.5) is 5.82 Å². The van der Waals surface area contributed by atoms with Gasteiger partial charge in [-0.3, -0.25) is 0 Å². The van der Waals surface area contributed by atoms with Crippen LogP contribution in [0.15, 0.2) is 18.3 Å². The zero-order valence-corrected chi connectivity index (χ0v) is 11.1. The predicted octanol–water partition coefficient (Wildman–Crippen LogP) is 2.55. The molecule has 3 N–H and O–H groups in total. The van der Waals surface area contributed by atoms with Gasteiger partial charge in [-0.05, 0) is 31.9 Å². The van der Waals surface area contributed by atoms with Crippen LogP contribution >= 0.6 is 0 Å². The van der Waals surface area contributed by atoms with E-state index in [9.17, 15) is 0 Å². The second-order valence-electron chi connectivity index (χ2n) is 4.95. The van der Waals surface area contributed by atoms with E-state index < -0.39 is 0 Å². The van der Waals surface area contributed by atoms with Crippen molar-refractivity contribution >= 4 is 5.82 Å². The quantitative estimate of drug-likeness (QED) is 0.842. The molecule has 1 aromatic heterocycles. The second-order valence-corrected chi connectivity index (χ2v) is 4.95. The average Bonchev–Trinajstić information content (AvgIpc) is 2.42. The van der Waals surface area contributed by atoms with Crippen LogP contribution in [0.25, 0.3) is 0 Å². The van der Waals surface area contributed by atoms with E-state index in [1.165, 1.54) is 19.3 Å². The lowest BCUT2D eigenvalue weighted by molar-refractivity contribution is 0.320. The summed E-state index contributed by atoms with van der Waals surface area (Å²) in [6, 6.07) is 3.85. The smallest absolute Gasteiger partial charge is 0.169 e. The van der Waals surface area contributed by atoms with E-state index in [4.69, 9.17) is 10.5 Å². The van der Waals surface area contributed by atoms with Crippen LogP contribution < -0.4 is 15.8 Å². The third-order valence-electron chi connectivity index (χ3n) is 3.66. The monoisotopic (exact) mass is 249 g/mol. The van der Waals surface area contributed by atoms with E-state index in [0.717, 1.165) is 24.4 Å². The normalized spacial score (nSPS) is 18.3. The summed E-state index contributed by atoms with van der Waals surface area (Å²) in [6.07, 6.45) is 7.81. The van der Waals surface area contributed by atoms with Crippen molar-refractivity contribution in [1.29, 1.82) is 0 Å². The summed E-state index contributed by atoms with van der Waals surface area (Å²) in [4.78, 5) is 4.39. The number of rotatable bonds is 5. The van der Waals surface area contributed by atoms with Gasteiger partial charge in [0.05, 0.1) is 12.1 Å². The number of ether oxygens (including phenoxy) is 1. The molecule has 0 unspecified atom stereocenters. The summed E-state index contributed by atoms with van der Waals surface area (Å²) in [5.41, 5.74) is 5.98. The third-order valence-corrected chi connectivity index (χ3v) is 3.66. The van der Waals surface area contributed by atoms with Crippen LogP contribution in [-0.4, -0.2) is 23.7 Å². The van der Waals surface area contributed by atoms with Crippen LogP contribution in [0.2, 0.25) is 0 Å². The largest absolute Gasteiger partial charge is 0.490 e. The first kappa shape index (κ1) is 13.1. The molecule has 0 aliphatic heterocycles. The maximum atomic E-state index is 5.98. The number of nitrogens with one attached hydrogen (secondary N) is 1. The van der Waals surface area contributed by atoms with Gasteiger partial charge in [-0.1, -0.05) is 19.3 Å². The fraction of sp³-hybridized carbons (Fsp3) is 0.643. The third kappa shape index (κ3) is 2.93. The van der Waals surface area contributed by atoms with Crippen molar-refractivity contribution in [2.24, 2.45) is 5.73 Å². The molecule has 18 heavy (non-hydrogen) atoms. The first-order chi connectivity index (χ1) is 8.79. The molecular weight excluding hydrogens is 226 g/mol. The van der Waals surface area contributed by atoms with E-state index in [1.807, 2.05) is 19.1 Å². The second kappa shape index (κ2) is 6.05. The molecule has 0 spiro atoms. The van der Waals surface area contributed by atoms with Gasteiger partial charge >= 0.3 is 0 Å². The van der Waals surface area contributed by atoms with Gasteiger partial charge in [0.25, 0.3) is 0 Å².